The van der Waals surface area contributed by atoms with Crippen molar-refractivity contribution < 1.29 is 0 Å². The zero-order chi connectivity index (χ0) is 17.0. The first-order valence-electron chi connectivity index (χ1n) is 11.2. The largest absolute Gasteiger partial charge is 0.0654 e. The van der Waals surface area contributed by atoms with Crippen molar-refractivity contribution in [3.63, 3.8) is 0 Å². The summed E-state index contributed by atoms with van der Waals surface area (Å²) in [7, 11) is -0.0102. The minimum Gasteiger partial charge on any atom is -0.0654 e. The molecule has 0 atom stereocenters. The summed E-state index contributed by atoms with van der Waals surface area (Å²) < 4.78 is 0. The van der Waals surface area contributed by atoms with Gasteiger partial charge >= 0.3 is 0 Å². The van der Waals surface area contributed by atoms with Gasteiger partial charge in [0.05, 0.1) is 0 Å². The molecule has 0 saturated heterocycles. The number of hydrogen-bond acceptors (Lipinski definition) is 0. The van der Waals surface area contributed by atoms with Crippen LogP contribution in [0.15, 0.2) is 0 Å². The maximum atomic E-state index is 2.33. The lowest BCUT2D eigenvalue weighted by molar-refractivity contribution is 0.615. The molecule has 0 aromatic rings. The van der Waals surface area contributed by atoms with Gasteiger partial charge in [0, 0.05) is 8.80 Å². The Morgan fingerprint density at radius 3 is 0.957 bits per heavy atom. The van der Waals surface area contributed by atoms with Crippen LogP contribution in [0.1, 0.15) is 124 Å². The van der Waals surface area contributed by atoms with E-state index in [1.165, 1.54) is 89.9 Å². The summed E-state index contributed by atoms with van der Waals surface area (Å²) in [6.45, 7) is 6.97. The van der Waals surface area contributed by atoms with E-state index < -0.39 is 0 Å². The molecule has 0 aliphatic carbocycles. The molecule has 0 nitrogen and oxygen atoms in total. The highest BCUT2D eigenvalue weighted by Crippen LogP contribution is 2.20. The molecular weight excluding hydrogens is 292 g/mol. The Labute approximate surface area is 150 Å². The third-order valence-corrected chi connectivity index (χ3v) is 8.33. The minimum atomic E-state index is -0.0102. The summed E-state index contributed by atoms with van der Waals surface area (Å²) >= 11 is 0. The van der Waals surface area contributed by atoms with Crippen LogP contribution in [0.25, 0.3) is 0 Å². The van der Waals surface area contributed by atoms with Gasteiger partial charge in [-0.2, -0.15) is 0 Å². The monoisotopic (exact) mass is 339 g/mol. The second-order valence-corrected chi connectivity index (χ2v) is 10.6. The molecule has 139 valence electrons. The molecule has 0 saturated carbocycles. The van der Waals surface area contributed by atoms with Gasteiger partial charge in [-0.05, 0) is 0 Å². The average molecular weight is 340 g/mol. The van der Waals surface area contributed by atoms with Crippen LogP contribution in [0.4, 0.5) is 0 Å². The highest BCUT2D eigenvalue weighted by molar-refractivity contribution is 6.58. The van der Waals surface area contributed by atoms with Crippen LogP contribution in [-0.2, 0) is 0 Å². The first kappa shape index (κ1) is 23.2. The van der Waals surface area contributed by atoms with E-state index >= 15 is 0 Å². The molecule has 0 N–H and O–H groups in total. The summed E-state index contributed by atoms with van der Waals surface area (Å²) in [5.74, 6) is 0. The Bertz CT molecular complexity index is 186. The van der Waals surface area contributed by atoms with Crippen molar-refractivity contribution in [3.8, 4) is 0 Å². The van der Waals surface area contributed by atoms with Crippen LogP contribution in [0.5, 0.6) is 0 Å². The number of unbranched alkanes of at least 4 members (excludes halogenated alkanes) is 13. The summed E-state index contributed by atoms with van der Waals surface area (Å²) in [5.41, 5.74) is 0. The first-order valence-corrected chi connectivity index (χ1v) is 13.3. The van der Waals surface area contributed by atoms with Crippen molar-refractivity contribution in [3.05, 3.63) is 0 Å². The van der Waals surface area contributed by atoms with E-state index in [1.807, 2.05) is 0 Å². The molecule has 0 aliphatic heterocycles. The van der Waals surface area contributed by atoms with E-state index in [1.54, 1.807) is 31.0 Å². The second-order valence-electron chi connectivity index (χ2n) is 7.60. The quantitative estimate of drug-likeness (QED) is 0.163. The molecule has 0 aromatic carbocycles. The van der Waals surface area contributed by atoms with E-state index in [4.69, 9.17) is 0 Å². The smallest absolute Gasteiger partial charge is 0.0479 e. The Hall–Kier alpha value is 0.217. The Balaban J connectivity index is 3.70. The van der Waals surface area contributed by atoms with Crippen molar-refractivity contribution in [1.29, 1.82) is 0 Å². The zero-order valence-electron chi connectivity index (χ0n) is 16.9. The van der Waals surface area contributed by atoms with Gasteiger partial charge in [0.1, 0.15) is 0 Å². The molecule has 1 heteroatoms. The van der Waals surface area contributed by atoms with Crippen molar-refractivity contribution in [2.24, 2.45) is 0 Å². The fourth-order valence-corrected chi connectivity index (χ4v) is 6.49. The molecule has 0 aromatic heterocycles. The number of hydrogen-bond donors (Lipinski definition) is 0. The van der Waals surface area contributed by atoms with Gasteiger partial charge in [0.25, 0.3) is 0 Å². The predicted molar refractivity (Wildman–Crippen MR) is 111 cm³/mol. The SMILES string of the molecule is CCCCCCCC[Si](CCCCCC)CCCCCCCC. The lowest BCUT2D eigenvalue weighted by Gasteiger charge is -2.15. The molecule has 0 spiro atoms. The van der Waals surface area contributed by atoms with E-state index in [9.17, 15) is 0 Å². The molecule has 0 rings (SSSR count). The normalized spacial score (nSPS) is 11.5. The van der Waals surface area contributed by atoms with Crippen LogP contribution in [-0.4, -0.2) is 8.80 Å². The van der Waals surface area contributed by atoms with Crippen LogP contribution in [0, 0.1) is 0 Å². The number of rotatable bonds is 19. The van der Waals surface area contributed by atoms with E-state index in [-0.39, 0.29) is 8.80 Å². The fraction of sp³-hybridized carbons (Fsp3) is 1.00. The third kappa shape index (κ3) is 18.4. The lowest BCUT2D eigenvalue weighted by Crippen LogP contribution is -2.12. The topological polar surface area (TPSA) is 0 Å². The standard InChI is InChI=1S/C22H47Si/c1-4-7-10-13-15-18-21-23(20-17-12-9-6-3)22-19-16-14-11-8-5-2/h4-22H2,1-3H3. The Morgan fingerprint density at radius 1 is 0.348 bits per heavy atom. The molecule has 1 radical (unpaired) electrons. The average Bonchev–Trinajstić information content (AvgIpc) is 2.57. The van der Waals surface area contributed by atoms with Gasteiger partial charge in [0.2, 0.25) is 0 Å². The Kier molecular flexibility index (Phi) is 20.5. The van der Waals surface area contributed by atoms with Gasteiger partial charge in [-0.3, -0.25) is 0 Å². The van der Waals surface area contributed by atoms with Crippen molar-refractivity contribution in [1.82, 2.24) is 0 Å². The van der Waals surface area contributed by atoms with Crippen LogP contribution in [0.3, 0.4) is 0 Å². The molecule has 0 aliphatic rings. The van der Waals surface area contributed by atoms with Crippen LogP contribution >= 0.6 is 0 Å². The van der Waals surface area contributed by atoms with Crippen molar-refractivity contribution in [2.45, 2.75) is 142 Å². The summed E-state index contributed by atoms with van der Waals surface area (Å²) in [5, 5.41) is 0. The molecule has 0 amide bonds. The Morgan fingerprint density at radius 2 is 0.609 bits per heavy atom. The fourth-order valence-electron chi connectivity index (χ4n) is 3.49. The van der Waals surface area contributed by atoms with E-state index in [0.29, 0.717) is 0 Å². The molecular formula is C22H47Si. The first-order chi connectivity index (χ1) is 11.3. The van der Waals surface area contributed by atoms with E-state index in [0.717, 1.165) is 0 Å². The lowest BCUT2D eigenvalue weighted by atomic mass is 10.1. The molecule has 0 bridgehead atoms. The van der Waals surface area contributed by atoms with Gasteiger partial charge in [-0.25, -0.2) is 0 Å². The molecule has 23 heavy (non-hydrogen) atoms. The molecule has 0 fully saturated rings. The second kappa shape index (κ2) is 20.3. The van der Waals surface area contributed by atoms with Crippen LogP contribution < -0.4 is 0 Å². The van der Waals surface area contributed by atoms with Crippen molar-refractivity contribution >= 4 is 8.80 Å². The third-order valence-electron chi connectivity index (χ3n) is 5.15. The van der Waals surface area contributed by atoms with Gasteiger partial charge < -0.3 is 0 Å². The van der Waals surface area contributed by atoms with Gasteiger partial charge in [0.15, 0.2) is 0 Å². The zero-order valence-corrected chi connectivity index (χ0v) is 17.9. The van der Waals surface area contributed by atoms with Gasteiger partial charge in [-0.1, -0.05) is 142 Å². The maximum Gasteiger partial charge on any atom is 0.0479 e. The van der Waals surface area contributed by atoms with Gasteiger partial charge in [-0.15, -0.1) is 0 Å². The highest BCUT2D eigenvalue weighted by Gasteiger charge is 2.10. The molecule has 0 heterocycles. The predicted octanol–water partition coefficient (Wildman–Crippen LogP) is 8.78. The molecule has 0 unspecified atom stereocenters. The minimum absolute atomic E-state index is 0.0102. The van der Waals surface area contributed by atoms with E-state index in [2.05, 4.69) is 20.8 Å². The van der Waals surface area contributed by atoms with Crippen molar-refractivity contribution in [2.75, 3.05) is 0 Å². The highest BCUT2D eigenvalue weighted by atomic mass is 28.3. The van der Waals surface area contributed by atoms with Crippen LogP contribution in [0.2, 0.25) is 18.1 Å². The summed E-state index contributed by atoms with van der Waals surface area (Å²) in [6, 6.07) is 4.87. The summed E-state index contributed by atoms with van der Waals surface area (Å²) in [4.78, 5) is 0. The summed E-state index contributed by atoms with van der Waals surface area (Å²) in [6.07, 6.45) is 23.6. The maximum absolute atomic E-state index is 2.33.